The van der Waals surface area contributed by atoms with E-state index in [9.17, 15) is 9.18 Å². The number of benzene rings is 1. The van der Waals surface area contributed by atoms with Crippen molar-refractivity contribution in [3.63, 3.8) is 0 Å². The Hall–Kier alpha value is -3.09. The molecule has 1 aliphatic heterocycles. The Bertz CT molecular complexity index is 902. The number of amides is 1. The number of hydrogen-bond donors (Lipinski definition) is 0. The van der Waals surface area contributed by atoms with Gasteiger partial charge in [0.1, 0.15) is 12.1 Å². The maximum absolute atomic E-state index is 13.0. The third kappa shape index (κ3) is 4.02. The van der Waals surface area contributed by atoms with E-state index in [1.165, 1.54) is 12.1 Å². The van der Waals surface area contributed by atoms with Crippen LogP contribution in [0.1, 0.15) is 30.0 Å². The fourth-order valence-electron chi connectivity index (χ4n) is 3.40. The van der Waals surface area contributed by atoms with Gasteiger partial charge in [-0.1, -0.05) is 12.1 Å². The van der Waals surface area contributed by atoms with Crippen LogP contribution in [-0.4, -0.2) is 43.4 Å². The molecule has 27 heavy (non-hydrogen) atoms. The number of hydrogen-bond acceptors (Lipinski definition) is 4. The Morgan fingerprint density at radius 1 is 1.11 bits per heavy atom. The van der Waals surface area contributed by atoms with Crippen molar-refractivity contribution < 1.29 is 9.18 Å². The molecule has 3 aromatic rings. The zero-order chi connectivity index (χ0) is 18.6. The lowest BCUT2D eigenvalue weighted by Gasteiger charge is -2.31. The van der Waals surface area contributed by atoms with Gasteiger partial charge in [0.25, 0.3) is 0 Å². The summed E-state index contributed by atoms with van der Waals surface area (Å²) in [6, 6.07) is 6.11. The fraction of sp³-hybridized carbons (Fsp3) is 0.300. The van der Waals surface area contributed by atoms with Gasteiger partial charge in [0.2, 0.25) is 5.91 Å². The summed E-state index contributed by atoms with van der Waals surface area (Å²) in [7, 11) is 0. The highest BCUT2D eigenvalue weighted by Crippen LogP contribution is 2.27. The van der Waals surface area contributed by atoms with Crippen LogP contribution in [0.5, 0.6) is 0 Å². The summed E-state index contributed by atoms with van der Waals surface area (Å²) in [4.78, 5) is 27.4. The Morgan fingerprint density at radius 2 is 1.89 bits per heavy atom. The summed E-state index contributed by atoms with van der Waals surface area (Å²) in [6.45, 7) is 1.39. The van der Waals surface area contributed by atoms with Crippen LogP contribution in [0.15, 0.2) is 55.4 Å². The zero-order valence-corrected chi connectivity index (χ0v) is 14.8. The van der Waals surface area contributed by atoms with Gasteiger partial charge < -0.3 is 4.90 Å². The molecule has 4 rings (SSSR count). The van der Waals surface area contributed by atoms with Crippen LogP contribution in [-0.2, 0) is 11.2 Å². The number of imidazole rings is 1. The van der Waals surface area contributed by atoms with E-state index >= 15 is 0 Å². The van der Waals surface area contributed by atoms with Crippen molar-refractivity contribution in [3.8, 4) is 5.82 Å². The second-order valence-corrected chi connectivity index (χ2v) is 6.73. The lowest BCUT2D eigenvalue weighted by atomic mass is 9.93. The molecular weight excluding hydrogens is 345 g/mol. The maximum Gasteiger partial charge on any atom is 0.226 e. The van der Waals surface area contributed by atoms with E-state index in [1.54, 1.807) is 37.1 Å². The van der Waals surface area contributed by atoms with Gasteiger partial charge in [-0.3, -0.25) is 14.3 Å². The summed E-state index contributed by atoms with van der Waals surface area (Å²) < 4.78 is 14.8. The first kappa shape index (κ1) is 17.3. The largest absolute Gasteiger partial charge is 0.342 e. The topological polar surface area (TPSA) is 63.9 Å². The van der Waals surface area contributed by atoms with Crippen LogP contribution in [0, 0.1) is 5.82 Å². The lowest BCUT2D eigenvalue weighted by Crippen LogP contribution is -2.39. The van der Waals surface area contributed by atoms with Gasteiger partial charge in [-0.15, -0.1) is 0 Å². The number of aromatic nitrogens is 4. The smallest absolute Gasteiger partial charge is 0.226 e. The molecule has 3 heterocycles. The SMILES string of the molecule is O=C(Cc1ccc(F)cc1)N1CCC(c2cncc(-n3ccnc3)n2)CC1. The van der Waals surface area contributed by atoms with Gasteiger partial charge in [0.15, 0.2) is 5.82 Å². The molecule has 1 aromatic carbocycles. The molecule has 1 fully saturated rings. The number of carbonyl (C=O) groups excluding carboxylic acids is 1. The normalized spacial score (nSPS) is 15.1. The predicted molar refractivity (Wildman–Crippen MR) is 97.8 cm³/mol. The van der Waals surface area contributed by atoms with E-state index in [2.05, 4.69) is 9.97 Å². The number of carbonyl (C=O) groups is 1. The zero-order valence-electron chi connectivity index (χ0n) is 14.8. The monoisotopic (exact) mass is 365 g/mol. The molecule has 6 nitrogen and oxygen atoms in total. The van der Waals surface area contributed by atoms with Gasteiger partial charge in [-0.25, -0.2) is 14.4 Å². The van der Waals surface area contributed by atoms with Gasteiger partial charge >= 0.3 is 0 Å². The maximum atomic E-state index is 13.0. The average molecular weight is 365 g/mol. The summed E-state index contributed by atoms with van der Waals surface area (Å²) in [5.41, 5.74) is 1.79. The van der Waals surface area contributed by atoms with Crippen LogP contribution >= 0.6 is 0 Å². The van der Waals surface area contributed by atoms with E-state index in [-0.39, 0.29) is 17.6 Å². The molecule has 0 N–H and O–H groups in total. The highest BCUT2D eigenvalue weighted by Gasteiger charge is 2.25. The van der Waals surface area contributed by atoms with E-state index < -0.39 is 0 Å². The molecule has 0 spiro atoms. The minimum absolute atomic E-state index is 0.0818. The molecule has 0 atom stereocenters. The van der Waals surface area contributed by atoms with E-state index in [1.807, 2.05) is 15.7 Å². The van der Waals surface area contributed by atoms with Crippen molar-refractivity contribution in [2.45, 2.75) is 25.2 Å². The molecule has 138 valence electrons. The fourth-order valence-corrected chi connectivity index (χ4v) is 3.40. The van der Waals surface area contributed by atoms with Crippen LogP contribution in [0.3, 0.4) is 0 Å². The Balaban J connectivity index is 1.37. The Labute approximate surface area is 156 Å². The summed E-state index contributed by atoms with van der Waals surface area (Å²) in [5.74, 6) is 0.833. The second-order valence-electron chi connectivity index (χ2n) is 6.73. The lowest BCUT2D eigenvalue weighted by molar-refractivity contribution is -0.131. The molecule has 1 aliphatic rings. The molecule has 7 heteroatoms. The van der Waals surface area contributed by atoms with Crippen molar-refractivity contribution in [2.24, 2.45) is 0 Å². The highest BCUT2D eigenvalue weighted by atomic mass is 19.1. The molecule has 0 radical (unpaired) electrons. The number of likely N-dealkylation sites (tertiary alicyclic amines) is 1. The van der Waals surface area contributed by atoms with Gasteiger partial charge in [0.05, 0.1) is 18.3 Å². The highest BCUT2D eigenvalue weighted by molar-refractivity contribution is 5.78. The molecule has 2 aromatic heterocycles. The first-order valence-corrected chi connectivity index (χ1v) is 9.01. The molecule has 0 unspecified atom stereocenters. The number of halogens is 1. The van der Waals surface area contributed by atoms with Crippen LogP contribution in [0.2, 0.25) is 0 Å². The Kier molecular flexibility index (Phi) is 4.91. The van der Waals surface area contributed by atoms with Gasteiger partial charge in [0, 0.05) is 37.6 Å². The van der Waals surface area contributed by atoms with Crippen molar-refractivity contribution >= 4 is 5.91 Å². The molecule has 0 bridgehead atoms. The number of rotatable bonds is 4. The minimum atomic E-state index is -0.286. The van der Waals surface area contributed by atoms with Crippen LogP contribution < -0.4 is 0 Å². The molecule has 0 saturated carbocycles. The van der Waals surface area contributed by atoms with Crippen molar-refractivity contribution in [1.82, 2.24) is 24.4 Å². The molecule has 1 amide bonds. The molecular formula is C20H20FN5O. The first-order valence-electron chi connectivity index (χ1n) is 9.01. The van der Waals surface area contributed by atoms with Crippen molar-refractivity contribution in [2.75, 3.05) is 13.1 Å². The Morgan fingerprint density at radius 3 is 2.59 bits per heavy atom. The second kappa shape index (κ2) is 7.65. The molecule has 1 saturated heterocycles. The van der Waals surface area contributed by atoms with Crippen molar-refractivity contribution in [3.05, 3.63) is 72.5 Å². The van der Waals surface area contributed by atoms with Gasteiger partial charge in [-0.05, 0) is 30.5 Å². The first-order chi connectivity index (χ1) is 13.2. The summed E-state index contributed by atoms with van der Waals surface area (Å²) >= 11 is 0. The van der Waals surface area contributed by atoms with E-state index in [0.717, 1.165) is 29.9 Å². The average Bonchev–Trinajstić information content (AvgIpc) is 3.25. The van der Waals surface area contributed by atoms with Crippen molar-refractivity contribution in [1.29, 1.82) is 0 Å². The molecule has 0 aliphatic carbocycles. The number of piperidine rings is 1. The third-order valence-electron chi connectivity index (χ3n) is 4.94. The summed E-state index contributed by atoms with van der Waals surface area (Å²) in [6.07, 6.45) is 10.8. The quantitative estimate of drug-likeness (QED) is 0.713. The summed E-state index contributed by atoms with van der Waals surface area (Å²) in [5, 5.41) is 0. The minimum Gasteiger partial charge on any atom is -0.342 e. The third-order valence-corrected chi connectivity index (χ3v) is 4.94. The van der Waals surface area contributed by atoms with E-state index in [0.29, 0.717) is 19.5 Å². The standard InChI is InChI=1S/C20H20FN5O/c21-17-3-1-15(2-4-17)11-20(27)25-8-5-16(6-9-25)18-12-23-13-19(24-18)26-10-7-22-14-26/h1-4,7,10,12-14,16H,5-6,8-9,11H2. The van der Waals surface area contributed by atoms with E-state index in [4.69, 9.17) is 4.98 Å². The predicted octanol–water partition coefficient (Wildman–Crippen LogP) is 2.75. The van der Waals surface area contributed by atoms with Gasteiger partial charge in [-0.2, -0.15) is 0 Å². The number of nitrogens with zero attached hydrogens (tertiary/aromatic N) is 5. The van der Waals surface area contributed by atoms with Crippen LogP contribution in [0.4, 0.5) is 4.39 Å². The van der Waals surface area contributed by atoms with Crippen LogP contribution in [0.25, 0.3) is 5.82 Å².